The van der Waals surface area contributed by atoms with E-state index in [9.17, 15) is 0 Å². The lowest BCUT2D eigenvalue weighted by atomic mass is 9.68. The van der Waals surface area contributed by atoms with Crippen molar-refractivity contribution in [1.82, 2.24) is 4.57 Å². The summed E-state index contributed by atoms with van der Waals surface area (Å²) in [6.45, 7) is 11.5. The van der Waals surface area contributed by atoms with Crippen molar-refractivity contribution in [2.24, 2.45) is 7.05 Å². The minimum atomic E-state index is -0.0195. The Kier molecular flexibility index (Phi) is 8.09. The molecule has 0 bridgehead atoms. The fourth-order valence-electron chi connectivity index (χ4n) is 8.49. The number of rotatable bonds is 10. The Morgan fingerprint density at radius 3 is 2.43 bits per heavy atom. The van der Waals surface area contributed by atoms with Gasteiger partial charge < -0.3 is 4.42 Å². The number of fused-ring (bicyclic) bond motifs is 7. The van der Waals surface area contributed by atoms with Crippen LogP contribution in [0.5, 0.6) is 0 Å². The van der Waals surface area contributed by atoms with Gasteiger partial charge in [-0.3, -0.25) is 0 Å². The van der Waals surface area contributed by atoms with Gasteiger partial charge in [0.25, 0.3) is 5.82 Å². The van der Waals surface area contributed by atoms with Crippen molar-refractivity contribution in [2.75, 3.05) is 0 Å². The topological polar surface area (TPSA) is 25.8 Å². The van der Waals surface area contributed by atoms with Crippen LogP contribution >= 0.6 is 0 Å². The third-order valence-corrected chi connectivity index (χ3v) is 10.9. The predicted molar refractivity (Wildman–Crippen MR) is 189 cm³/mol. The summed E-state index contributed by atoms with van der Waals surface area (Å²) in [4.78, 5) is 0. The molecule has 4 nitrogen and oxygen atoms in total. The first-order valence-corrected chi connectivity index (χ1v) is 17.6. The molecule has 1 aliphatic heterocycles. The van der Waals surface area contributed by atoms with E-state index in [-0.39, 0.29) is 5.54 Å². The summed E-state index contributed by atoms with van der Waals surface area (Å²) >= 11 is 0. The summed E-state index contributed by atoms with van der Waals surface area (Å²) in [6.07, 6.45) is 14.4. The molecule has 0 N–H and O–H groups in total. The van der Waals surface area contributed by atoms with Crippen molar-refractivity contribution in [1.29, 1.82) is 0 Å². The first-order chi connectivity index (χ1) is 22.4. The molecular formula is C42H49N3O+2. The van der Waals surface area contributed by atoms with Crippen LogP contribution in [-0.2, 0) is 25.4 Å². The molecule has 0 radical (unpaired) electrons. The number of unbranched alkanes of at least 4 members (excludes halogenated alkanes) is 1. The fourth-order valence-corrected chi connectivity index (χ4v) is 8.49. The number of benzene rings is 3. The van der Waals surface area contributed by atoms with E-state index in [2.05, 4.69) is 147 Å². The maximum absolute atomic E-state index is 6.87. The van der Waals surface area contributed by atoms with Gasteiger partial charge in [-0.2, -0.15) is 4.57 Å². The first-order valence-electron chi connectivity index (χ1n) is 17.6. The van der Waals surface area contributed by atoms with E-state index < -0.39 is 0 Å². The SMILES string of the molecule is CCCCc1ccc2c(c1)oc1c3c(ccc12)C(CCc1ccccc1-c1n(C(C)C)cc[n+]1C)C(CC)(CC)[n+]1ccccc1-3. The van der Waals surface area contributed by atoms with Crippen LogP contribution < -0.4 is 9.13 Å². The highest BCUT2D eigenvalue weighted by Gasteiger charge is 2.51. The van der Waals surface area contributed by atoms with Crippen LogP contribution in [0.15, 0.2) is 95.8 Å². The Labute approximate surface area is 274 Å². The van der Waals surface area contributed by atoms with Crippen LogP contribution in [-0.4, -0.2) is 4.57 Å². The van der Waals surface area contributed by atoms with E-state index in [0.717, 1.165) is 43.3 Å². The summed E-state index contributed by atoms with van der Waals surface area (Å²) < 4.78 is 14.2. The van der Waals surface area contributed by atoms with Gasteiger partial charge in [0.2, 0.25) is 5.69 Å². The maximum atomic E-state index is 6.87. The zero-order chi connectivity index (χ0) is 32.0. The number of hydrogen-bond donors (Lipinski definition) is 0. The monoisotopic (exact) mass is 611 g/mol. The number of imidazole rings is 1. The molecule has 1 atom stereocenters. The number of hydrogen-bond acceptors (Lipinski definition) is 1. The molecule has 3 aromatic heterocycles. The van der Waals surface area contributed by atoms with E-state index in [0.29, 0.717) is 12.0 Å². The van der Waals surface area contributed by atoms with Crippen LogP contribution in [0.4, 0.5) is 0 Å². The van der Waals surface area contributed by atoms with Crippen molar-refractivity contribution in [3.63, 3.8) is 0 Å². The Hall–Kier alpha value is -4.18. The zero-order valence-corrected chi connectivity index (χ0v) is 28.5. The molecule has 0 aliphatic carbocycles. The second-order valence-electron chi connectivity index (χ2n) is 13.7. The molecule has 6 aromatic rings. The number of aryl methyl sites for hydroxylation is 3. The number of furan rings is 1. The zero-order valence-electron chi connectivity index (χ0n) is 28.5. The van der Waals surface area contributed by atoms with Crippen molar-refractivity contribution in [3.8, 4) is 22.6 Å². The van der Waals surface area contributed by atoms with E-state index in [1.807, 2.05) is 0 Å². The molecule has 0 fully saturated rings. The van der Waals surface area contributed by atoms with Crippen molar-refractivity contribution < 1.29 is 13.6 Å². The fraction of sp³-hybridized carbons (Fsp3) is 0.381. The average molecular weight is 612 g/mol. The summed E-state index contributed by atoms with van der Waals surface area (Å²) in [5.41, 5.74) is 10.1. The van der Waals surface area contributed by atoms with Gasteiger partial charge in [0.15, 0.2) is 11.7 Å². The second-order valence-corrected chi connectivity index (χ2v) is 13.7. The molecule has 4 heterocycles. The second kappa shape index (κ2) is 12.2. The molecule has 0 spiro atoms. The summed E-state index contributed by atoms with van der Waals surface area (Å²) in [7, 11) is 2.17. The molecule has 46 heavy (non-hydrogen) atoms. The summed E-state index contributed by atoms with van der Waals surface area (Å²) in [5.74, 6) is 1.61. The van der Waals surface area contributed by atoms with E-state index in [1.54, 1.807) is 0 Å². The van der Waals surface area contributed by atoms with Gasteiger partial charge in [0.05, 0.1) is 30.1 Å². The van der Waals surface area contributed by atoms with E-state index in [1.165, 1.54) is 62.9 Å². The van der Waals surface area contributed by atoms with Gasteiger partial charge >= 0.3 is 0 Å². The minimum absolute atomic E-state index is 0.0195. The van der Waals surface area contributed by atoms with Gasteiger partial charge in [-0.15, -0.1) is 0 Å². The highest BCUT2D eigenvalue weighted by atomic mass is 16.3. The van der Waals surface area contributed by atoms with Crippen molar-refractivity contribution in [3.05, 3.63) is 108 Å². The largest absolute Gasteiger partial charge is 0.455 e. The van der Waals surface area contributed by atoms with Crippen LogP contribution in [0.1, 0.15) is 95.4 Å². The molecule has 3 aromatic carbocycles. The molecule has 236 valence electrons. The smallest absolute Gasteiger partial charge is 0.289 e. The first kappa shape index (κ1) is 30.5. The Morgan fingerprint density at radius 1 is 0.870 bits per heavy atom. The normalized spacial score (nSPS) is 15.5. The molecule has 4 heteroatoms. The Balaban J connectivity index is 1.38. The summed E-state index contributed by atoms with van der Waals surface area (Å²) in [5, 5.41) is 2.44. The molecule has 0 saturated heterocycles. The van der Waals surface area contributed by atoms with E-state index in [4.69, 9.17) is 4.42 Å². The average Bonchev–Trinajstić information content (AvgIpc) is 3.66. The van der Waals surface area contributed by atoms with Crippen LogP contribution in [0.25, 0.3) is 44.6 Å². The van der Waals surface area contributed by atoms with Gasteiger partial charge in [-0.25, -0.2) is 9.13 Å². The lowest BCUT2D eigenvalue weighted by molar-refractivity contribution is -0.762. The van der Waals surface area contributed by atoms with E-state index >= 15 is 0 Å². The summed E-state index contributed by atoms with van der Waals surface area (Å²) in [6, 6.07) is 27.8. The van der Waals surface area contributed by atoms with Crippen LogP contribution in [0, 0.1) is 0 Å². The Morgan fingerprint density at radius 2 is 1.65 bits per heavy atom. The minimum Gasteiger partial charge on any atom is -0.455 e. The third kappa shape index (κ3) is 4.80. The number of aromatic nitrogens is 3. The standard InChI is InChI=1S/C42H49N3O/c1-7-10-15-30-19-21-33-34-22-23-35-36(24-20-31-16-11-12-17-32(31)41-43(6)26-27-44(41)29(4)5)42(8-2,9-3)45-25-14-13-18-37(45)39(35)40(34)46-38(33)28-30/h11-14,16-19,21-23,25-29,36H,7-10,15,20,24H2,1-6H3/q+2. The van der Waals surface area contributed by atoms with Gasteiger partial charge in [0, 0.05) is 35.7 Å². The molecule has 7 rings (SSSR count). The van der Waals surface area contributed by atoms with Gasteiger partial charge in [0.1, 0.15) is 23.6 Å². The molecule has 0 amide bonds. The Bertz CT molecular complexity index is 2020. The van der Waals surface area contributed by atoms with Crippen LogP contribution in [0.3, 0.4) is 0 Å². The number of nitrogens with zero attached hydrogens (tertiary/aromatic N) is 3. The quantitative estimate of drug-likeness (QED) is 0.142. The molecular weight excluding hydrogens is 562 g/mol. The third-order valence-electron chi connectivity index (χ3n) is 10.9. The lowest BCUT2D eigenvalue weighted by Crippen LogP contribution is -2.62. The molecule has 1 unspecified atom stereocenters. The number of pyridine rings is 1. The van der Waals surface area contributed by atoms with Crippen LogP contribution in [0.2, 0.25) is 0 Å². The molecule has 1 aliphatic rings. The highest BCUT2D eigenvalue weighted by molar-refractivity contribution is 6.10. The van der Waals surface area contributed by atoms with Gasteiger partial charge in [-0.1, -0.05) is 69.7 Å². The van der Waals surface area contributed by atoms with Crippen molar-refractivity contribution >= 4 is 21.9 Å². The highest BCUT2D eigenvalue weighted by Crippen LogP contribution is 2.50. The van der Waals surface area contributed by atoms with Gasteiger partial charge in [-0.05, 0) is 74.4 Å². The lowest BCUT2D eigenvalue weighted by Gasteiger charge is -2.40. The predicted octanol–water partition coefficient (Wildman–Crippen LogP) is 10.0. The molecule has 0 saturated carbocycles. The maximum Gasteiger partial charge on any atom is 0.289 e. The van der Waals surface area contributed by atoms with Crippen molar-refractivity contribution in [2.45, 2.75) is 97.1 Å².